The summed E-state index contributed by atoms with van der Waals surface area (Å²) in [5, 5.41) is 6.56. The summed E-state index contributed by atoms with van der Waals surface area (Å²) < 4.78 is 5.35. The van der Waals surface area contributed by atoms with Crippen molar-refractivity contribution < 1.29 is 9.53 Å². The van der Waals surface area contributed by atoms with Gasteiger partial charge in [0.05, 0.1) is 0 Å². The van der Waals surface area contributed by atoms with Crippen molar-refractivity contribution >= 4 is 18.3 Å². The Labute approximate surface area is 144 Å². The molecule has 4 nitrogen and oxygen atoms in total. The van der Waals surface area contributed by atoms with Crippen LogP contribution in [0.15, 0.2) is 18.2 Å². The molecule has 0 bridgehead atoms. The first-order valence-electron chi connectivity index (χ1n) is 8.43. The van der Waals surface area contributed by atoms with Crippen molar-refractivity contribution in [3.63, 3.8) is 0 Å². The third kappa shape index (κ3) is 4.93. The van der Waals surface area contributed by atoms with Crippen LogP contribution in [0.3, 0.4) is 0 Å². The highest BCUT2D eigenvalue weighted by molar-refractivity contribution is 5.94. The van der Waals surface area contributed by atoms with E-state index in [2.05, 4.69) is 29.7 Å². The molecular weight excluding hydrogens is 312 g/mol. The average molecular weight is 339 g/mol. The molecule has 0 aromatic heterocycles. The van der Waals surface area contributed by atoms with Crippen molar-refractivity contribution in [2.75, 3.05) is 26.3 Å². The lowest BCUT2D eigenvalue weighted by molar-refractivity contribution is 0.0696. The van der Waals surface area contributed by atoms with Gasteiger partial charge in [-0.1, -0.05) is 11.6 Å². The SMILES string of the molecule is Cc1cc(C(=O)NC2CCOCC2)cc(C2CCNCC2)c1.Cl. The van der Waals surface area contributed by atoms with Gasteiger partial charge in [-0.2, -0.15) is 0 Å². The van der Waals surface area contributed by atoms with Gasteiger partial charge < -0.3 is 15.4 Å². The predicted octanol–water partition coefficient (Wildman–Crippen LogP) is 2.79. The van der Waals surface area contributed by atoms with Gasteiger partial charge >= 0.3 is 0 Å². The van der Waals surface area contributed by atoms with Crippen molar-refractivity contribution in [2.24, 2.45) is 0 Å². The lowest BCUT2D eigenvalue weighted by Crippen LogP contribution is -2.39. The maximum Gasteiger partial charge on any atom is 0.251 e. The Balaban J connectivity index is 0.00000192. The molecule has 1 amide bonds. The summed E-state index contributed by atoms with van der Waals surface area (Å²) >= 11 is 0. The van der Waals surface area contributed by atoms with Crippen LogP contribution in [0.25, 0.3) is 0 Å². The molecular formula is C18H27ClN2O2. The number of hydrogen-bond donors (Lipinski definition) is 2. The number of aryl methyl sites for hydroxylation is 1. The van der Waals surface area contributed by atoms with Crippen LogP contribution < -0.4 is 10.6 Å². The quantitative estimate of drug-likeness (QED) is 0.891. The van der Waals surface area contributed by atoms with E-state index in [1.807, 2.05) is 6.07 Å². The second kappa shape index (κ2) is 8.67. The highest BCUT2D eigenvalue weighted by atomic mass is 35.5. The first-order chi connectivity index (χ1) is 10.7. The molecule has 2 heterocycles. The molecule has 0 aliphatic carbocycles. The summed E-state index contributed by atoms with van der Waals surface area (Å²) in [5.41, 5.74) is 3.30. The van der Waals surface area contributed by atoms with Crippen LogP contribution in [0.4, 0.5) is 0 Å². The molecule has 0 saturated carbocycles. The highest BCUT2D eigenvalue weighted by Crippen LogP contribution is 2.27. The van der Waals surface area contributed by atoms with Crippen molar-refractivity contribution in [3.05, 3.63) is 34.9 Å². The zero-order chi connectivity index (χ0) is 15.4. The van der Waals surface area contributed by atoms with Crippen molar-refractivity contribution in [2.45, 2.75) is 44.6 Å². The van der Waals surface area contributed by atoms with Crippen LogP contribution in [0.5, 0.6) is 0 Å². The predicted molar refractivity (Wildman–Crippen MR) is 94.6 cm³/mol. The van der Waals surface area contributed by atoms with E-state index >= 15 is 0 Å². The Morgan fingerprint density at radius 1 is 1.13 bits per heavy atom. The molecule has 128 valence electrons. The normalized spacial score (nSPS) is 19.9. The third-order valence-electron chi connectivity index (χ3n) is 4.73. The summed E-state index contributed by atoms with van der Waals surface area (Å²) in [6, 6.07) is 6.59. The molecule has 2 N–H and O–H groups in total. The van der Waals surface area contributed by atoms with Gasteiger partial charge in [-0.25, -0.2) is 0 Å². The lowest BCUT2D eigenvalue weighted by atomic mass is 9.88. The van der Waals surface area contributed by atoms with Gasteiger partial charge in [0, 0.05) is 24.8 Å². The Morgan fingerprint density at radius 3 is 2.52 bits per heavy atom. The molecule has 2 aliphatic heterocycles. The molecule has 0 unspecified atom stereocenters. The monoisotopic (exact) mass is 338 g/mol. The number of carbonyl (C=O) groups is 1. The fourth-order valence-electron chi connectivity index (χ4n) is 3.45. The van der Waals surface area contributed by atoms with Gasteiger partial charge in [0.1, 0.15) is 0 Å². The van der Waals surface area contributed by atoms with Crippen LogP contribution in [-0.2, 0) is 4.74 Å². The Hall–Kier alpha value is -1.10. The molecule has 5 heteroatoms. The van der Waals surface area contributed by atoms with Crippen molar-refractivity contribution in [1.82, 2.24) is 10.6 Å². The van der Waals surface area contributed by atoms with E-state index in [1.54, 1.807) is 0 Å². The summed E-state index contributed by atoms with van der Waals surface area (Å²) in [7, 11) is 0. The number of nitrogens with one attached hydrogen (secondary N) is 2. The summed E-state index contributed by atoms with van der Waals surface area (Å²) in [6.07, 6.45) is 4.15. The van der Waals surface area contributed by atoms with Crippen LogP contribution in [0.2, 0.25) is 0 Å². The third-order valence-corrected chi connectivity index (χ3v) is 4.73. The molecule has 0 atom stereocenters. The summed E-state index contributed by atoms with van der Waals surface area (Å²) in [4.78, 5) is 12.5. The molecule has 0 spiro atoms. The summed E-state index contributed by atoms with van der Waals surface area (Å²) in [5.74, 6) is 0.640. The first kappa shape index (κ1) is 18.2. The summed E-state index contributed by atoms with van der Waals surface area (Å²) in [6.45, 7) is 5.72. The van der Waals surface area contributed by atoms with E-state index in [1.165, 1.54) is 11.1 Å². The average Bonchev–Trinajstić information content (AvgIpc) is 2.56. The molecule has 2 fully saturated rings. The van der Waals surface area contributed by atoms with Gasteiger partial charge in [0.2, 0.25) is 0 Å². The molecule has 3 rings (SSSR count). The van der Waals surface area contributed by atoms with E-state index in [0.717, 1.165) is 57.6 Å². The number of amides is 1. The number of ether oxygens (including phenoxy) is 1. The highest BCUT2D eigenvalue weighted by Gasteiger charge is 2.20. The minimum atomic E-state index is 0. The zero-order valence-corrected chi connectivity index (χ0v) is 14.6. The maximum absolute atomic E-state index is 12.5. The zero-order valence-electron chi connectivity index (χ0n) is 13.8. The van der Waals surface area contributed by atoms with Gasteiger partial charge in [0.25, 0.3) is 5.91 Å². The van der Waals surface area contributed by atoms with Gasteiger partial charge in [-0.05, 0) is 69.3 Å². The molecule has 2 aliphatic rings. The number of piperidine rings is 1. The molecule has 1 aromatic rings. The Bertz CT molecular complexity index is 524. The molecule has 2 saturated heterocycles. The molecule has 0 radical (unpaired) electrons. The molecule has 23 heavy (non-hydrogen) atoms. The maximum atomic E-state index is 12.5. The fourth-order valence-corrected chi connectivity index (χ4v) is 3.45. The Kier molecular flexibility index (Phi) is 6.88. The number of benzene rings is 1. The Morgan fingerprint density at radius 2 is 1.83 bits per heavy atom. The second-order valence-electron chi connectivity index (χ2n) is 6.52. The van der Waals surface area contributed by atoms with Gasteiger partial charge in [-0.3, -0.25) is 4.79 Å². The van der Waals surface area contributed by atoms with Crippen LogP contribution in [0, 0.1) is 6.92 Å². The van der Waals surface area contributed by atoms with Crippen LogP contribution in [-0.4, -0.2) is 38.3 Å². The van der Waals surface area contributed by atoms with E-state index in [0.29, 0.717) is 5.92 Å². The van der Waals surface area contributed by atoms with E-state index < -0.39 is 0 Å². The van der Waals surface area contributed by atoms with Crippen molar-refractivity contribution in [3.8, 4) is 0 Å². The topological polar surface area (TPSA) is 50.4 Å². The second-order valence-corrected chi connectivity index (χ2v) is 6.52. The largest absolute Gasteiger partial charge is 0.381 e. The van der Waals surface area contributed by atoms with E-state index in [-0.39, 0.29) is 24.4 Å². The van der Waals surface area contributed by atoms with Gasteiger partial charge in [-0.15, -0.1) is 12.4 Å². The number of carbonyl (C=O) groups excluding carboxylic acids is 1. The van der Waals surface area contributed by atoms with E-state index in [9.17, 15) is 4.79 Å². The minimum Gasteiger partial charge on any atom is -0.381 e. The smallest absolute Gasteiger partial charge is 0.251 e. The standard InChI is InChI=1S/C18H26N2O2.ClH/c1-13-10-15(14-2-6-19-7-3-14)12-16(11-13)18(21)20-17-4-8-22-9-5-17;/h10-12,14,17,19H,2-9H2,1H3,(H,20,21);1H. The first-order valence-corrected chi connectivity index (χ1v) is 8.43. The number of halogens is 1. The van der Waals surface area contributed by atoms with Crippen molar-refractivity contribution in [1.29, 1.82) is 0 Å². The van der Waals surface area contributed by atoms with Crippen LogP contribution >= 0.6 is 12.4 Å². The lowest BCUT2D eigenvalue weighted by Gasteiger charge is -2.25. The molecule has 1 aromatic carbocycles. The number of hydrogen-bond acceptors (Lipinski definition) is 3. The van der Waals surface area contributed by atoms with Gasteiger partial charge in [0.15, 0.2) is 0 Å². The fraction of sp³-hybridized carbons (Fsp3) is 0.611. The van der Waals surface area contributed by atoms with E-state index in [4.69, 9.17) is 4.74 Å². The number of rotatable bonds is 3. The van der Waals surface area contributed by atoms with Crippen LogP contribution in [0.1, 0.15) is 53.1 Å². The minimum absolute atomic E-state index is 0.